The summed E-state index contributed by atoms with van der Waals surface area (Å²) in [6.45, 7) is 0.321. The first-order chi connectivity index (χ1) is 8.03. The van der Waals surface area contributed by atoms with Crippen LogP contribution in [0.3, 0.4) is 0 Å². The molecule has 6 heteroatoms. The first-order valence-corrected chi connectivity index (χ1v) is 7.81. The Morgan fingerprint density at radius 2 is 2.06 bits per heavy atom. The standard InChI is InChI=1S/C11H16BrNO3S/c12-11-5-3-4-10(8-11)9-13-17(15,16)7-2-1-6-14/h3-5,8,13-14H,1-2,6-7,9H2. The topological polar surface area (TPSA) is 66.4 Å². The van der Waals surface area contributed by atoms with E-state index in [0.717, 1.165) is 10.0 Å². The maximum Gasteiger partial charge on any atom is 0.211 e. The fourth-order valence-corrected chi connectivity index (χ4v) is 2.88. The lowest BCUT2D eigenvalue weighted by Crippen LogP contribution is -2.26. The van der Waals surface area contributed by atoms with Crippen LogP contribution in [-0.2, 0) is 16.6 Å². The van der Waals surface area contributed by atoms with Gasteiger partial charge in [-0.2, -0.15) is 0 Å². The summed E-state index contributed by atoms with van der Waals surface area (Å²) in [7, 11) is -3.24. The van der Waals surface area contributed by atoms with Crippen LogP contribution in [-0.4, -0.2) is 25.9 Å². The summed E-state index contributed by atoms with van der Waals surface area (Å²) in [4.78, 5) is 0. The number of benzene rings is 1. The molecule has 0 radical (unpaired) electrons. The molecule has 0 atom stereocenters. The van der Waals surface area contributed by atoms with Gasteiger partial charge in [-0.3, -0.25) is 0 Å². The molecule has 2 N–H and O–H groups in total. The van der Waals surface area contributed by atoms with Crippen LogP contribution in [0.4, 0.5) is 0 Å². The van der Waals surface area contributed by atoms with Gasteiger partial charge in [-0.25, -0.2) is 13.1 Å². The van der Waals surface area contributed by atoms with Crippen molar-refractivity contribution in [2.45, 2.75) is 19.4 Å². The van der Waals surface area contributed by atoms with Crippen LogP contribution in [0.5, 0.6) is 0 Å². The Labute approximate surface area is 110 Å². The molecule has 0 aromatic heterocycles. The zero-order valence-electron chi connectivity index (χ0n) is 9.39. The molecule has 1 aromatic carbocycles. The average molecular weight is 322 g/mol. The van der Waals surface area contributed by atoms with Crippen molar-refractivity contribution in [2.75, 3.05) is 12.4 Å². The smallest absolute Gasteiger partial charge is 0.211 e. The van der Waals surface area contributed by atoms with E-state index in [9.17, 15) is 8.42 Å². The van der Waals surface area contributed by atoms with Crippen molar-refractivity contribution in [1.82, 2.24) is 4.72 Å². The highest BCUT2D eigenvalue weighted by Gasteiger charge is 2.09. The van der Waals surface area contributed by atoms with Crippen LogP contribution in [0.2, 0.25) is 0 Å². The Kier molecular flexibility index (Phi) is 6.11. The third-order valence-corrected chi connectivity index (χ3v) is 4.11. The highest BCUT2D eigenvalue weighted by Crippen LogP contribution is 2.11. The number of halogens is 1. The zero-order valence-corrected chi connectivity index (χ0v) is 11.8. The second-order valence-corrected chi connectivity index (χ2v) is 6.54. The summed E-state index contributed by atoms with van der Waals surface area (Å²) in [6.07, 6.45) is 0.988. The fourth-order valence-electron chi connectivity index (χ4n) is 1.32. The van der Waals surface area contributed by atoms with E-state index in [4.69, 9.17) is 5.11 Å². The predicted molar refractivity (Wildman–Crippen MR) is 71.1 cm³/mol. The Balaban J connectivity index is 2.44. The van der Waals surface area contributed by atoms with Crippen LogP contribution in [0.25, 0.3) is 0 Å². The van der Waals surface area contributed by atoms with Gasteiger partial charge in [0, 0.05) is 17.6 Å². The predicted octanol–water partition coefficient (Wildman–Crippen LogP) is 1.64. The lowest BCUT2D eigenvalue weighted by Gasteiger charge is -2.06. The maximum absolute atomic E-state index is 11.6. The van der Waals surface area contributed by atoms with E-state index in [1.165, 1.54) is 0 Å². The molecule has 0 aliphatic carbocycles. The van der Waals surface area contributed by atoms with Gasteiger partial charge >= 0.3 is 0 Å². The minimum absolute atomic E-state index is 0.0289. The van der Waals surface area contributed by atoms with Gasteiger partial charge in [0.1, 0.15) is 0 Å². The van der Waals surface area contributed by atoms with Crippen molar-refractivity contribution in [1.29, 1.82) is 0 Å². The van der Waals surface area contributed by atoms with E-state index in [-0.39, 0.29) is 12.4 Å². The number of aliphatic hydroxyl groups excluding tert-OH is 1. The van der Waals surface area contributed by atoms with Crippen molar-refractivity contribution in [2.24, 2.45) is 0 Å². The van der Waals surface area contributed by atoms with Gasteiger partial charge in [0.25, 0.3) is 0 Å². The van der Waals surface area contributed by atoms with E-state index in [0.29, 0.717) is 19.4 Å². The molecule has 0 unspecified atom stereocenters. The molecule has 0 bridgehead atoms. The average Bonchev–Trinajstić information content (AvgIpc) is 2.27. The first kappa shape index (κ1) is 14.6. The van der Waals surface area contributed by atoms with Gasteiger partial charge in [0.2, 0.25) is 10.0 Å². The van der Waals surface area contributed by atoms with Gasteiger partial charge in [0.15, 0.2) is 0 Å². The molecular weight excluding hydrogens is 306 g/mol. The highest BCUT2D eigenvalue weighted by atomic mass is 79.9. The number of rotatable bonds is 7. The number of nitrogens with one attached hydrogen (secondary N) is 1. The van der Waals surface area contributed by atoms with E-state index >= 15 is 0 Å². The van der Waals surface area contributed by atoms with Crippen LogP contribution < -0.4 is 4.72 Å². The van der Waals surface area contributed by atoms with Crippen molar-refractivity contribution >= 4 is 26.0 Å². The van der Waals surface area contributed by atoms with Crippen molar-refractivity contribution in [3.8, 4) is 0 Å². The molecule has 0 heterocycles. The number of unbranched alkanes of at least 4 members (excludes halogenated alkanes) is 1. The van der Waals surface area contributed by atoms with Gasteiger partial charge in [-0.1, -0.05) is 28.1 Å². The Morgan fingerprint density at radius 1 is 1.29 bits per heavy atom. The number of aliphatic hydroxyl groups is 1. The lowest BCUT2D eigenvalue weighted by atomic mass is 10.2. The molecule has 0 fully saturated rings. The summed E-state index contributed by atoms with van der Waals surface area (Å²) in [5.74, 6) is 0.0571. The van der Waals surface area contributed by atoms with Crippen molar-refractivity contribution < 1.29 is 13.5 Å². The first-order valence-electron chi connectivity index (χ1n) is 5.36. The van der Waals surface area contributed by atoms with Crippen molar-refractivity contribution in [3.63, 3.8) is 0 Å². The summed E-state index contributed by atoms with van der Waals surface area (Å²) in [6, 6.07) is 7.48. The Morgan fingerprint density at radius 3 is 2.71 bits per heavy atom. The normalized spacial score (nSPS) is 11.6. The van der Waals surface area contributed by atoms with Gasteiger partial charge in [-0.15, -0.1) is 0 Å². The largest absolute Gasteiger partial charge is 0.396 e. The number of hydrogen-bond acceptors (Lipinski definition) is 3. The molecule has 0 spiro atoms. The minimum Gasteiger partial charge on any atom is -0.396 e. The second-order valence-electron chi connectivity index (χ2n) is 3.70. The molecule has 1 rings (SSSR count). The molecule has 0 amide bonds. The molecule has 1 aromatic rings. The minimum atomic E-state index is -3.24. The third kappa shape index (κ3) is 6.16. The summed E-state index contributed by atoms with van der Waals surface area (Å²) < 4.78 is 26.6. The fraction of sp³-hybridized carbons (Fsp3) is 0.455. The van der Waals surface area contributed by atoms with Gasteiger partial charge in [0.05, 0.1) is 5.75 Å². The third-order valence-electron chi connectivity index (χ3n) is 2.21. The molecular formula is C11H16BrNO3S. The second kappa shape index (κ2) is 7.10. The zero-order chi connectivity index (χ0) is 12.7. The van der Waals surface area contributed by atoms with Crippen LogP contribution >= 0.6 is 15.9 Å². The quantitative estimate of drug-likeness (QED) is 0.750. The molecule has 96 valence electrons. The summed E-state index contributed by atoms with van der Waals surface area (Å²) in [5, 5.41) is 8.58. The molecule has 17 heavy (non-hydrogen) atoms. The van der Waals surface area contributed by atoms with E-state index in [1.807, 2.05) is 24.3 Å². The molecule has 4 nitrogen and oxygen atoms in total. The van der Waals surface area contributed by atoms with Crippen molar-refractivity contribution in [3.05, 3.63) is 34.3 Å². The van der Waals surface area contributed by atoms with E-state index in [2.05, 4.69) is 20.7 Å². The summed E-state index contributed by atoms with van der Waals surface area (Å²) >= 11 is 3.33. The molecule has 0 aliphatic heterocycles. The molecule has 0 aliphatic rings. The van der Waals surface area contributed by atoms with E-state index < -0.39 is 10.0 Å². The lowest BCUT2D eigenvalue weighted by molar-refractivity contribution is 0.287. The summed E-state index contributed by atoms with van der Waals surface area (Å²) in [5.41, 5.74) is 0.908. The molecule has 0 saturated carbocycles. The van der Waals surface area contributed by atoms with Gasteiger partial charge in [-0.05, 0) is 30.5 Å². The van der Waals surface area contributed by atoms with Crippen LogP contribution in [0, 0.1) is 0 Å². The Hall–Kier alpha value is -0.430. The maximum atomic E-state index is 11.6. The number of sulfonamides is 1. The number of hydrogen-bond donors (Lipinski definition) is 2. The van der Waals surface area contributed by atoms with Crippen LogP contribution in [0.1, 0.15) is 18.4 Å². The molecule has 0 saturated heterocycles. The SMILES string of the molecule is O=S(=O)(CCCCO)NCc1cccc(Br)c1. The monoisotopic (exact) mass is 321 g/mol. The van der Waals surface area contributed by atoms with Gasteiger partial charge < -0.3 is 5.11 Å². The van der Waals surface area contributed by atoms with E-state index in [1.54, 1.807) is 0 Å². The highest BCUT2D eigenvalue weighted by molar-refractivity contribution is 9.10. The Bertz CT molecular complexity index is 448. The van der Waals surface area contributed by atoms with Crippen LogP contribution in [0.15, 0.2) is 28.7 Å².